The molecule has 0 spiro atoms. The lowest BCUT2D eigenvalue weighted by Gasteiger charge is -2.41. The van der Waals surface area contributed by atoms with Gasteiger partial charge in [-0.1, -0.05) is 51.3 Å². The van der Waals surface area contributed by atoms with Crippen molar-refractivity contribution in [2.24, 2.45) is 5.41 Å². The Kier molecular flexibility index (Phi) is 4.66. The lowest BCUT2D eigenvalue weighted by molar-refractivity contribution is 0.146. The van der Waals surface area contributed by atoms with Crippen molar-refractivity contribution >= 4 is 21.4 Å². The number of thiophene rings is 1. The SMILES string of the molecule is CCCNC(c1csc2ccccc12)C1(C)CCCCC1. The van der Waals surface area contributed by atoms with Crippen LogP contribution in [0.25, 0.3) is 10.1 Å². The Balaban J connectivity index is 1.98. The molecule has 3 rings (SSSR count). The van der Waals surface area contributed by atoms with Gasteiger partial charge in [0.05, 0.1) is 0 Å². The Bertz CT molecular complexity index is 580. The van der Waals surface area contributed by atoms with Gasteiger partial charge >= 0.3 is 0 Å². The van der Waals surface area contributed by atoms with E-state index in [1.165, 1.54) is 54.2 Å². The molecule has 1 fully saturated rings. The molecule has 1 aromatic carbocycles. The maximum absolute atomic E-state index is 3.88. The molecule has 1 aliphatic rings. The first-order valence-corrected chi connectivity index (χ1v) is 9.32. The molecule has 2 aromatic rings. The topological polar surface area (TPSA) is 12.0 Å². The van der Waals surface area contributed by atoms with Gasteiger partial charge in [0, 0.05) is 10.7 Å². The van der Waals surface area contributed by atoms with Crippen LogP contribution in [0.1, 0.15) is 64.0 Å². The summed E-state index contributed by atoms with van der Waals surface area (Å²) in [4.78, 5) is 0. The molecule has 1 N–H and O–H groups in total. The van der Waals surface area contributed by atoms with Crippen LogP contribution < -0.4 is 5.32 Å². The molecule has 0 saturated heterocycles. The van der Waals surface area contributed by atoms with Gasteiger partial charge in [-0.25, -0.2) is 0 Å². The normalized spacial score (nSPS) is 19.7. The van der Waals surface area contributed by atoms with Crippen LogP contribution >= 0.6 is 11.3 Å². The smallest absolute Gasteiger partial charge is 0.0389 e. The molecule has 0 radical (unpaired) electrons. The summed E-state index contributed by atoms with van der Waals surface area (Å²) in [6.45, 7) is 5.88. The van der Waals surface area contributed by atoms with Gasteiger partial charge in [-0.05, 0) is 53.6 Å². The van der Waals surface area contributed by atoms with Crippen LogP contribution in [0.15, 0.2) is 29.6 Å². The van der Waals surface area contributed by atoms with E-state index in [2.05, 4.69) is 48.8 Å². The van der Waals surface area contributed by atoms with E-state index in [-0.39, 0.29) is 0 Å². The Morgan fingerprint density at radius 2 is 1.95 bits per heavy atom. The highest BCUT2D eigenvalue weighted by Crippen LogP contribution is 2.48. The first-order chi connectivity index (χ1) is 10.2. The zero-order chi connectivity index (χ0) is 14.7. The highest BCUT2D eigenvalue weighted by atomic mass is 32.1. The van der Waals surface area contributed by atoms with Gasteiger partial charge in [0.25, 0.3) is 0 Å². The van der Waals surface area contributed by atoms with Crippen LogP contribution in [0.2, 0.25) is 0 Å². The molecule has 1 saturated carbocycles. The van der Waals surface area contributed by atoms with Gasteiger partial charge in [0.1, 0.15) is 0 Å². The molecule has 114 valence electrons. The van der Waals surface area contributed by atoms with E-state index >= 15 is 0 Å². The molecule has 1 unspecified atom stereocenters. The van der Waals surface area contributed by atoms with Gasteiger partial charge in [-0.2, -0.15) is 0 Å². The van der Waals surface area contributed by atoms with Crippen molar-refractivity contribution in [3.05, 3.63) is 35.2 Å². The van der Waals surface area contributed by atoms with E-state index in [0.717, 1.165) is 6.54 Å². The molecule has 21 heavy (non-hydrogen) atoms. The summed E-state index contributed by atoms with van der Waals surface area (Å²) in [7, 11) is 0. The molecule has 1 nitrogen and oxygen atoms in total. The van der Waals surface area contributed by atoms with Gasteiger partial charge in [-0.15, -0.1) is 11.3 Å². The standard InChI is InChI=1S/C19H27NS/c1-3-13-20-18(19(2)11-7-4-8-12-19)16-14-21-17-10-6-5-9-15(16)17/h5-6,9-10,14,18,20H,3-4,7-8,11-13H2,1-2H3. The quantitative estimate of drug-likeness (QED) is 0.723. The molecular weight excluding hydrogens is 274 g/mol. The minimum atomic E-state index is 0.414. The maximum Gasteiger partial charge on any atom is 0.0389 e. The number of rotatable bonds is 5. The van der Waals surface area contributed by atoms with Gasteiger partial charge in [0.15, 0.2) is 0 Å². The number of hydrogen-bond acceptors (Lipinski definition) is 2. The second-order valence-electron chi connectivity index (χ2n) is 6.79. The number of benzene rings is 1. The molecule has 1 heterocycles. The van der Waals surface area contributed by atoms with Crippen LogP contribution in [-0.2, 0) is 0 Å². The van der Waals surface area contributed by atoms with E-state index in [0.29, 0.717) is 11.5 Å². The van der Waals surface area contributed by atoms with Crippen molar-refractivity contribution in [3.63, 3.8) is 0 Å². The molecule has 0 amide bonds. The Hall–Kier alpha value is -0.860. The Labute approximate surface area is 132 Å². The third-order valence-corrected chi connectivity index (χ3v) is 6.09. The maximum atomic E-state index is 3.88. The van der Waals surface area contributed by atoms with Crippen molar-refractivity contribution in [2.75, 3.05) is 6.54 Å². The van der Waals surface area contributed by atoms with Crippen LogP contribution in [-0.4, -0.2) is 6.54 Å². The van der Waals surface area contributed by atoms with Crippen LogP contribution in [0, 0.1) is 5.41 Å². The van der Waals surface area contributed by atoms with Crippen molar-refractivity contribution in [1.82, 2.24) is 5.32 Å². The molecule has 0 aliphatic heterocycles. The monoisotopic (exact) mass is 301 g/mol. The average molecular weight is 301 g/mol. The number of hydrogen-bond donors (Lipinski definition) is 1. The zero-order valence-electron chi connectivity index (χ0n) is 13.3. The Morgan fingerprint density at radius 3 is 2.71 bits per heavy atom. The summed E-state index contributed by atoms with van der Waals surface area (Å²) in [5, 5.41) is 7.74. The first kappa shape index (κ1) is 15.1. The fourth-order valence-corrected chi connectivity index (χ4v) is 4.88. The van der Waals surface area contributed by atoms with Crippen molar-refractivity contribution in [2.45, 2.75) is 58.4 Å². The molecular formula is C19H27NS. The van der Waals surface area contributed by atoms with Crippen LogP contribution in [0.5, 0.6) is 0 Å². The predicted molar refractivity (Wildman–Crippen MR) is 94.1 cm³/mol. The van der Waals surface area contributed by atoms with Crippen LogP contribution in [0.3, 0.4) is 0 Å². The lowest BCUT2D eigenvalue weighted by atomic mass is 9.68. The van der Waals surface area contributed by atoms with Crippen molar-refractivity contribution in [3.8, 4) is 0 Å². The highest BCUT2D eigenvalue weighted by molar-refractivity contribution is 7.17. The number of fused-ring (bicyclic) bond motifs is 1. The summed E-state index contributed by atoms with van der Waals surface area (Å²) < 4.78 is 1.43. The van der Waals surface area contributed by atoms with Gasteiger partial charge < -0.3 is 5.32 Å². The summed E-state index contributed by atoms with van der Waals surface area (Å²) in [6, 6.07) is 9.39. The minimum absolute atomic E-state index is 0.414. The molecule has 2 heteroatoms. The fraction of sp³-hybridized carbons (Fsp3) is 0.579. The summed E-state index contributed by atoms with van der Waals surface area (Å²) in [6.07, 6.45) is 8.12. The predicted octanol–water partition coefficient (Wildman–Crippen LogP) is 5.91. The van der Waals surface area contributed by atoms with E-state index in [1.807, 2.05) is 11.3 Å². The summed E-state index contributed by atoms with van der Waals surface area (Å²) >= 11 is 1.90. The summed E-state index contributed by atoms with van der Waals surface area (Å²) in [5.41, 5.74) is 1.95. The van der Waals surface area contributed by atoms with E-state index < -0.39 is 0 Å². The van der Waals surface area contributed by atoms with Crippen LogP contribution in [0.4, 0.5) is 0 Å². The van der Waals surface area contributed by atoms with E-state index in [4.69, 9.17) is 0 Å². The number of nitrogens with one attached hydrogen (secondary N) is 1. The zero-order valence-corrected chi connectivity index (χ0v) is 14.1. The average Bonchev–Trinajstić information content (AvgIpc) is 2.92. The third-order valence-electron chi connectivity index (χ3n) is 5.11. The Morgan fingerprint density at radius 1 is 1.19 bits per heavy atom. The second kappa shape index (κ2) is 6.50. The van der Waals surface area contributed by atoms with Gasteiger partial charge in [-0.3, -0.25) is 0 Å². The molecule has 1 atom stereocenters. The second-order valence-corrected chi connectivity index (χ2v) is 7.70. The minimum Gasteiger partial charge on any atom is -0.309 e. The molecule has 0 bridgehead atoms. The summed E-state index contributed by atoms with van der Waals surface area (Å²) in [5.74, 6) is 0. The van der Waals surface area contributed by atoms with Crippen molar-refractivity contribution in [1.29, 1.82) is 0 Å². The van der Waals surface area contributed by atoms with Gasteiger partial charge in [0.2, 0.25) is 0 Å². The van der Waals surface area contributed by atoms with E-state index in [9.17, 15) is 0 Å². The lowest BCUT2D eigenvalue weighted by Crippen LogP contribution is -2.38. The highest BCUT2D eigenvalue weighted by Gasteiger charge is 2.37. The van der Waals surface area contributed by atoms with Crippen molar-refractivity contribution < 1.29 is 0 Å². The largest absolute Gasteiger partial charge is 0.309 e. The third kappa shape index (κ3) is 3.02. The molecule has 1 aliphatic carbocycles. The van der Waals surface area contributed by atoms with E-state index in [1.54, 1.807) is 0 Å². The fourth-order valence-electron chi connectivity index (χ4n) is 3.89. The first-order valence-electron chi connectivity index (χ1n) is 8.44. The molecule has 1 aromatic heterocycles.